The molecule has 0 radical (unpaired) electrons. The van der Waals surface area contributed by atoms with Gasteiger partial charge in [0.05, 0.1) is 12.8 Å². The molecule has 2 rings (SSSR count). The molecular formula is C13H17N3O4S. The van der Waals surface area contributed by atoms with Gasteiger partial charge in [-0.25, -0.2) is 8.42 Å². The molecule has 0 saturated carbocycles. The van der Waals surface area contributed by atoms with Gasteiger partial charge in [-0.2, -0.15) is 4.98 Å². The van der Waals surface area contributed by atoms with Crippen LogP contribution in [-0.4, -0.2) is 32.2 Å². The Hall–Kier alpha value is -2.09. The van der Waals surface area contributed by atoms with Crippen molar-refractivity contribution in [2.45, 2.75) is 19.6 Å². The van der Waals surface area contributed by atoms with Crippen molar-refractivity contribution in [3.05, 3.63) is 36.0 Å². The molecule has 2 aromatic rings. The summed E-state index contributed by atoms with van der Waals surface area (Å²) in [7, 11) is -2.13. The zero-order valence-electron chi connectivity index (χ0n) is 12.1. The zero-order chi connectivity index (χ0) is 15.5. The van der Waals surface area contributed by atoms with Gasteiger partial charge in [0.25, 0.3) is 0 Å². The highest BCUT2D eigenvalue weighted by Gasteiger charge is 2.26. The van der Waals surface area contributed by atoms with Crippen LogP contribution in [0, 0.1) is 6.92 Å². The molecule has 114 valence electrons. The molecule has 1 heterocycles. The van der Waals surface area contributed by atoms with E-state index in [0.717, 1.165) is 0 Å². The van der Waals surface area contributed by atoms with Crippen molar-refractivity contribution < 1.29 is 17.7 Å². The number of methoxy groups -OCH3 is 1. The van der Waals surface area contributed by atoms with Crippen molar-refractivity contribution in [2.75, 3.05) is 18.0 Å². The SMILES string of the molecule is CCN(c1ccccc1OC)S(=O)(=O)Cc1noc(C)n1. The maximum absolute atomic E-state index is 12.6. The molecule has 21 heavy (non-hydrogen) atoms. The van der Waals surface area contributed by atoms with Crippen molar-refractivity contribution >= 4 is 15.7 Å². The van der Waals surface area contributed by atoms with Crippen LogP contribution in [0.15, 0.2) is 28.8 Å². The molecule has 0 aliphatic rings. The third-order valence-corrected chi connectivity index (χ3v) is 4.61. The lowest BCUT2D eigenvalue weighted by atomic mass is 10.3. The van der Waals surface area contributed by atoms with Crippen LogP contribution >= 0.6 is 0 Å². The second-order valence-electron chi connectivity index (χ2n) is 4.32. The highest BCUT2D eigenvalue weighted by molar-refractivity contribution is 7.92. The molecule has 0 aliphatic carbocycles. The fourth-order valence-corrected chi connectivity index (χ4v) is 3.44. The Kier molecular flexibility index (Phi) is 4.46. The Morgan fingerprint density at radius 1 is 1.33 bits per heavy atom. The Balaban J connectivity index is 2.35. The lowest BCUT2D eigenvalue weighted by Gasteiger charge is -2.23. The Morgan fingerprint density at radius 3 is 2.62 bits per heavy atom. The van der Waals surface area contributed by atoms with E-state index in [0.29, 0.717) is 17.3 Å². The number of para-hydroxylation sites is 2. The lowest BCUT2D eigenvalue weighted by molar-refractivity contribution is 0.388. The summed E-state index contributed by atoms with van der Waals surface area (Å²) in [6.45, 7) is 3.64. The maximum atomic E-state index is 12.6. The molecule has 0 fully saturated rings. The van der Waals surface area contributed by atoms with Crippen LogP contribution in [0.4, 0.5) is 5.69 Å². The molecule has 8 heteroatoms. The quantitative estimate of drug-likeness (QED) is 0.808. The summed E-state index contributed by atoms with van der Waals surface area (Å²) in [5, 5.41) is 3.63. The van der Waals surface area contributed by atoms with E-state index in [9.17, 15) is 8.42 Å². The number of benzene rings is 1. The van der Waals surface area contributed by atoms with Gasteiger partial charge in [-0.05, 0) is 19.1 Å². The summed E-state index contributed by atoms with van der Waals surface area (Å²) >= 11 is 0. The number of ether oxygens (including phenoxy) is 1. The summed E-state index contributed by atoms with van der Waals surface area (Å²) in [4.78, 5) is 3.93. The normalized spacial score (nSPS) is 11.4. The van der Waals surface area contributed by atoms with Gasteiger partial charge in [0.1, 0.15) is 11.5 Å². The second kappa shape index (κ2) is 6.13. The van der Waals surface area contributed by atoms with Crippen molar-refractivity contribution in [1.82, 2.24) is 10.1 Å². The van der Waals surface area contributed by atoms with Gasteiger partial charge >= 0.3 is 0 Å². The van der Waals surface area contributed by atoms with Gasteiger partial charge in [0.2, 0.25) is 15.9 Å². The van der Waals surface area contributed by atoms with E-state index < -0.39 is 10.0 Å². The van der Waals surface area contributed by atoms with Crippen LogP contribution in [0.2, 0.25) is 0 Å². The van der Waals surface area contributed by atoms with Crippen LogP contribution in [0.3, 0.4) is 0 Å². The van der Waals surface area contributed by atoms with Gasteiger partial charge in [0, 0.05) is 13.5 Å². The molecule has 0 atom stereocenters. The first-order chi connectivity index (χ1) is 9.97. The van der Waals surface area contributed by atoms with E-state index in [-0.39, 0.29) is 18.1 Å². The van der Waals surface area contributed by atoms with Gasteiger partial charge in [-0.1, -0.05) is 17.3 Å². The second-order valence-corrected chi connectivity index (χ2v) is 6.22. The fraction of sp³-hybridized carbons (Fsp3) is 0.385. The molecule has 0 bridgehead atoms. The topological polar surface area (TPSA) is 85.5 Å². The van der Waals surface area contributed by atoms with Crippen LogP contribution in [-0.2, 0) is 15.8 Å². The number of aryl methyl sites for hydroxylation is 1. The molecule has 1 aromatic carbocycles. The van der Waals surface area contributed by atoms with Crippen molar-refractivity contribution in [3.63, 3.8) is 0 Å². The minimum atomic E-state index is -3.63. The first-order valence-electron chi connectivity index (χ1n) is 6.40. The summed E-state index contributed by atoms with van der Waals surface area (Å²) in [6.07, 6.45) is 0. The van der Waals surface area contributed by atoms with E-state index in [1.54, 1.807) is 38.1 Å². The average Bonchev–Trinajstić information content (AvgIpc) is 2.84. The fourth-order valence-electron chi connectivity index (χ4n) is 1.99. The molecule has 0 saturated heterocycles. The van der Waals surface area contributed by atoms with Crippen molar-refractivity contribution in [3.8, 4) is 5.75 Å². The van der Waals surface area contributed by atoms with E-state index in [2.05, 4.69) is 10.1 Å². The number of hydrogen-bond acceptors (Lipinski definition) is 6. The van der Waals surface area contributed by atoms with Gasteiger partial charge in [0.15, 0.2) is 5.82 Å². The molecule has 0 unspecified atom stereocenters. The number of hydrogen-bond donors (Lipinski definition) is 0. The smallest absolute Gasteiger partial charge is 0.242 e. The lowest BCUT2D eigenvalue weighted by Crippen LogP contribution is -2.32. The molecule has 1 aromatic heterocycles. The van der Waals surface area contributed by atoms with Crippen LogP contribution < -0.4 is 9.04 Å². The number of aromatic nitrogens is 2. The molecule has 0 spiro atoms. The first-order valence-corrected chi connectivity index (χ1v) is 8.01. The number of sulfonamides is 1. The average molecular weight is 311 g/mol. The van der Waals surface area contributed by atoms with Crippen LogP contribution in [0.25, 0.3) is 0 Å². The minimum Gasteiger partial charge on any atom is -0.495 e. The Morgan fingerprint density at radius 2 is 2.05 bits per heavy atom. The van der Waals surface area contributed by atoms with Gasteiger partial charge in [-0.3, -0.25) is 4.31 Å². The van der Waals surface area contributed by atoms with Gasteiger partial charge in [-0.15, -0.1) is 0 Å². The molecular weight excluding hydrogens is 294 g/mol. The standard InChI is InChI=1S/C13H17N3O4S/c1-4-16(11-7-5-6-8-12(11)19-3)21(17,18)9-13-14-10(2)20-15-13/h5-8H,4,9H2,1-3H3. The third kappa shape index (κ3) is 3.33. The van der Waals surface area contributed by atoms with E-state index in [4.69, 9.17) is 9.26 Å². The minimum absolute atomic E-state index is 0.140. The van der Waals surface area contributed by atoms with Crippen LogP contribution in [0.5, 0.6) is 5.75 Å². The van der Waals surface area contributed by atoms with Crippen LogP contribution in [0.1, 0.15) is 18.6 Å². The summed E-state index contributed by atoms with van der Waals surface area (Å²) in [5.74, 6) is 0.643. The predicted molar refractivity (Wildman–Crippen MR) is 77.7 cm³/mol. The summed E-state index contributed by atoms with van der Waals surface area (Å²) in [6, 6.07) is 6.95. The number of anilines is 1. The first kappa shape index (κ1) is 15.3. The van der Waals surface area contributed by atoms with Gasteiger partial charge < -0.3 is 9.26 Å². The summed E-state index contributed by atoms with van der Waals surface area (Å²) < 4.78 is 36.4. The van der Waals surface area contributed by atoms with E-state index >= 15 is 0 Å². The maximum Gasteiger partial charge on any atom is 0.242 e. The van der Waals surface area contributed by atoms with E-state index in [1.807, 2.05) is 0 Å². The van der Waals surface area contributed by atoms with E-state index in [1.165, 1.54) is 11.4 Å². The summed E-state index contributed by atoms with van der Waals surface area (Å²) in [5.41, 5.74) is 0.489. The molecule has 0 aliphatic heterocycles. The van der Waals surface area contributed by atoms with Crippen molar-refractivity contribution in [1.29, 1.82) is 0 Å². The number of nitrogens with zero attached hydrogens (tertiary/aromatic N) is 3. The number of rotatable bonds is 6. The molecule has 0 amide bonds. The molecule has 7 nitrogen and oxygen atoms in total. The molecule has 0 N–H and O–H groups in total. The monoisotopic (exact) mass is 311 g/mol. The predicted octanol–water partition coefficient (Wildman–Crippen LogP) is 1.74. The Labute approximate surface area is 123 Å². The highest BCUT2D eigenvalue weighted by Crippen LogP contribution is 2.30. The largest absolute Gasteiger partial charge is 0.495 e. The third-order valence-electron chi connectivity index (χ3n) is 2.86. The Bertz CT molecular complexity index is 712. The van der Waals surface area contributed by atoms with Crippen molar-refractivity contribution in [2.24, 2.45) is 0 Å². The zero-order valence-corrected chi connectivity index (χ0v) is 12.9. The highest BCUT2D eigenvalue weighted by atomic mass is 32.2.